The summed E-state index contributed by atoms with van der Waals surface area (Å²) in [5, 5.41) is 19.0. The van der Waals surface area contributed by atoms with Gasteiger partial charge in [0.2, 0.25) is 0 Å². The molecule has 106 valence electrons. The molecule has 2 rings (SSSR count). The lowest BCUT2D eigenvalue weighted by atomic mass is 10.0. The Balaban J connectivity index is 1.99. The summed E-state index contributed by atoms with van der Waals surface area (Å²) in [6.07, 6.45) is 2.57. The van der Waals surface area contributed by atoms with Crippen molar-refractivity contribution in [2.24, 2.45) is 0 Å². The molecular formula is C17H20O3. The van der Waals surface area contributed by atoms with Crippen molar-refractivity contribution >= 4 is 0 Å². The highest BCUT2D eigenvalue weighted by atomic mass is 16.5. The van der Waals surface area contributed by atoms with Crippen molar-refractivity contribution in [1.82, 2.24) is 0 Å². The summed E-state index contributed by atoms with van der Waals surface area (Å²) in [5.41, 5.74) is 3.21. The second kappa shape index (κ2) is 6.33. The van der Waals surface area contributed by atoms with Crippen molar-refractivity contribution in [3.05, 3.63) is 53.1 Å². The fourth-order valence-corrected chi connectivity index (χ4v) is 2.29. The first-order chi connectivity index (χ1) is 9.60. The first kappa shape index (κ1) is 14.3. The van der Waals surface area contributed by atoms with Crippen LogP contribution in [0.1, 0.15) is 23.1 Å². The van der Waals surface area contributed by atoms with Crippen LogP contribution < -0.4 is 4.74 Å². The molecule has 20 heavy (non-hydrogen) atoms. The van der Waals surface area contributed by atoms with Crippen LogP contribution in [0.25, 0.3) is 0 Å². The minimum Gasteiger partial charge on any atom is -0.508 e. The summed E-state index contributed by atoms with van der Waals surface area (Å²) in [6, 6.07) is 10.9. The number of methoxy groups -OCH3 is 1. The van der Waals surface area contributed by atoms with Crippen LogP contribution in [0.2, 0.25) is 0 Å². The van der Waals surface area contributed by atoms with E-state index in [0.29, 0.717) is 0 Å². The summed E-state index contributed by atoms with van der Waals surface area (Å²) < 4.78 is 5.39. The standard InChI is InChI=1S/C17H20O3/c1-12-6-7-14(17(10-12)20-2)5-3-4-13-8-9-15(18)11-16(13)19/h6-11,18-19H,3-5H2,1-2H3. The van der Waals surface area contributed by atoms with Crippen molar-refractivity contribution < 1.29 is 14.9 Å². The van der Waals surface area contributed by atoms with Crippen LogP contribution in [-0.4, -0.2) is 17.3 Å². The molecule has 0 saturated carbocycles. The largest absolute Gasteiger partial charge is 0.508 e. The lowest BCUT2D eigenvalue weighted by molar-refractivity contribution is 0.408. The normalized spacial score (nSPS) is 10.5. The van der Waals surface area contributed by atoms with Gasteiger partial charge in [-0.25, -0.2) is 0 Å². The Morgan fingerprint density at radius 1 is 0.950 bits per heavy atom. The molecule has 0 aliphatic carbocycles. The van der Waals surface area contributed by atoms with E-state index >= 15 is 0 Å². The maximum Gasteiger partial charge on any atom is 0.122 e. The van der Waals surface area contributed by atoms with Crippen molar-refractivity contribution in [2.45, 2.75) is 26.2 Å². The predicted molar refractivity (Wildman–Crippen MR) is 79.5 cm³/mol. The topological polar surface area (TPSA) is 49.7 Å². The summed E-state index contributed by atoms with van der Waals surface area (Å²) in [4.78, 5) is 0. The maximum atomic E-state index is 9.74. The molecule has 0 aliphatic rings. The zero-order chi connectivity index (χ0) is 14.5. The summed E-state index contributed by atoms with van der Waals surface area (Å²) >= 11 is 0. The Labute approximate surface area is 119 Å². The number of rotatable bonds is 5. The molecule has 0 heterocycles. The van der Waals surface area contributed by atoms with Crippen LogP contribution in [-0.2, 0) is 12.8 Å². The number of aromatic hydroxyl groups is 2. The van der Waals surface area contributed by atoms with E-state index in [2.05, 4.69) is 12.1 Å². The first-order valence-electron chi connectivity index (χ1n) is 6.74. The van der Waals surface area contributed by atoms with Gasteiger partial charge in [-0.1, -0.05) is 18.2 Å². The first-order valence-corrected chi connectivity index (χ1v) is 6.74. The van der Waals surface area contributed by atoms with E-state index in [1.165, 1.54) is 17.2 Å². The molecule has 0 spiro atoms. The van der Waals surface area contributed by atoms with Crippen LogP contribution in [0, 0.1) is 6.92 Å². The number of hydrogen-bond acceptors (Lipinski definition) is 3. The van der Waals surface area contributed by atoms with Crippen LogP contribution in [0.4, 0.5) is 0 Å². The van der Waals surface area contributed by atoms with E-state index in [0.717, 1.165) is 30.6 Å². The summed E-state index contributed by atoms with van der Waals surface area (Å²) in [5.74, 6) is 1.16. The van der Waals surface area contributed by atoms with Crippen molar-refractivity contribution in [2.75, 3.05) is 7.11 Å². The molecule has 2 aromatic rings. The van der Waals surface area contributed by atoms with E-state index < -0.39 is 0 Å². The van der Waals surface area contributed by atoms with Crippen LogP contribution in [0.15, 0.2) is 36.4 Å². The van der Waals surface area contributed by atoms with E-state index in [4.69, 9.17) is 4.74 Å². The molecule has 0 atom stereocenters. The molecule has 0 saturated heterocycles. The molecule has 0 bridgehead atoms. The highest BCUT2D eigenvalue weighted by Crippen LogP contribution is 2.26. The van der Waals surface area contributed by atoms with Crippen LogP contribution in [0.5, 0.6) is 17.2 Å². The minimum atomic E-state index is 0.0893. The average Bonchev–Trinajstić information content (AvgIpc) is 2.42. The van der Waals surface area contributed by atoms with Gasteiger partial charge < -0.3 is 14.9 Å². The molecule has 2 aromatic carbocycles. The number of aryl methyl sites for hydroxylation is 3. The Bertz CT molecular complexity index is 591. The van der Waals surface area contributed by atoms with Gasteiger partial charge in [0, 0.05) is 6.07 Å². The fraction of sp³-hybridized carbons (Fsp3) is 0.294. The maximum absolute atomic E-state index is 9.74. The second-order valence-electron chi connectivity index (χ2n) is 4.98. The molecule has 0 radical (unpaired) electrons. The van der Waals surface area contributed by atoms with Gasteiger partial charge in [-0.2, -0.15) is 0 Å². The molecule has 0 unspecified atom stereocenters. The number of ether oxygens (including phenoxy) is 1. The predicted octanol–water partition coefficient (Wildman–Crippen LogP) is 3.59. The molecule has 0 aromatic heterocycles. The molecule has 2 N–H and O–H groups in total. The Hall–Kier alpha value is -2.16. The van der Waals surface area contributed by atoms with Gasteiger partial charge in [0.1, 0.15) is 17.2 Å². The van der Waals surface area contributed by atoms with E-state index in [9.17, 15) is 10.2 Å². The van der Waals surface area contributed by atoms with Gasteiger partial charge in [-0.05, 0) is 55.0 Å². The molecule has 0 amide bonds. The van der Waals surface area contributed by atoms with Gasteiger partial charge in [-0.15, -0.1) is 0 Å². The molecule has 0 aliphatic heterocycles. The van der Waals surface area contributed by atoms with Gasteiger partial charge >= 0.3 is 0 Å². The zero-order valence-corrected chi connectivity index (χ0v) is 11.9. The Morgan fingerprint density at radius 3 is 2.35 bits per heavy atom. The highest BCUT2D eigenvalue weighted by Gasteiger charge is 2.06. The number of phenols is 2. The van der Waals surface area contributed by atoms with Gasteiger partial charge in [-0.3, -0.25) is 0 Å². The summed E-state index contributed by atoms with van der Waals surface area (Å²) in [6.45, 7) is 2.04. The van der Waals surface area contributed by atoms with Crippen LogP contribution >= 0.6 is 0 Å². The lowest BCUT2D eigenvalue weighted by Crippen LogP contribution is -1.95. The van der Waals surface area contributed by atoms with Gasteiger partial charge in [0.05, 0.1) is 7.11 Å². The zero-order valence-electron chi connectivity index (χ0n) is 11.9. The van der Waals surface area contributed by atoms with Gasteiger partial charge in [0.25, 0.3) is 0 Å². The number of hydrogen-bond donors (Lipinski definition) is 2. The van der Waals surface area contributed by atoms with E-state index in [1.54, 1.807) is 19.2 Å². The second-order valence-corrected chi connectivity index (χ2v) is 4.98. The smallest absolute Gasteiger partial charge is 0.122 e. The third-order valence-electron chi connectivity index (χ3n) is 3.40. The van der Waals surface area contributed by atoms with E-state index in [1.807, 2.05) is 13.0 Å². The molecule has 3 heteroatoms. The fourth-order valence-electron chi connectivity index (χ4n) is 2.29. The van der Waals surface area contributed by atoms with Crippen molar-refractivity contribution in [1.29, 1.82) is 0 Å². The molecular weight excluding hydrogens is 252 g/mol. The number of phenolic OH excluding ortho intramolecular Hbond substituents is 2. The average molecular weight is 272 g/mol. The van der Waals surface area contributed by atoms with Crippen LogP contribution in [0.3, 0.4) is 0 Å². The molecule has 0 fully saturated rings. The summed E-state index contributed by atoms with van der Waals surface area (Å²) in [7, 11) is 1.68. The van der Waals surface area contributed by atoms with Crippen molar-refractivity contribution in [3.8, 4) is 17.2 Å². The highest BCUT2D eigenvalue weighted by molar-refractivity contribution is 5.40. The van der Waals surface area contributed by atoms with Gasteiger partial charge in [0.15, 0.2) is 0 Å². The quantitative estimate of drug-likeness (QED) is 0.874. The molecule has 3 nitrogen and oxygen atoms in total. The minimum absolute atomic E-state index is 0.0893. The SMILES string of the molecule is COc1cc(C)ccc1CCCc1ccc(O)cc1O. The monoisotopic (exact) mass is 272 g/mol. The van der Waals surface area contributed by atoms with E-state index in [-0.39, 0.29) is 11.5 Å². The third kappa shape index (κ3) is 3.44. The van der Waals surface area contributed by atoms with Crippen molar-refractivity contribution in [3.63, 3.8) is 0 Å². The Kier molecular flexibility index (Phi) is 4.51. The lowest BCUT2D eigenvalue weighted by Gasteiger charge is -2.10. The Morgan fingerprint density at radius 2 is 1.65 bits per heavy atom. The number of benzene rings is 2. The third-order valence-corrected chi connectivity index (χ3v) is 3.40.